The van der Waals surface area contributed by atoms with E-state index in [1.807, 2.05) is 11.8 Å². The molecule has 0 radical (unpaired) electrons. The Kier molecular flexibility index (Phi) is 4.31. The van der Waals surface area contributed by atoms with Gasteiger partial charge in [-0.1, -0.05) is 23.2 Å². The van der Waals surface area contributed by atoms with E-state index in [0.29, 0.717) is 27.7 Å². The zero-order valence-corrected chi connectivity index (χ0v) is 12.8. The summed E-state index contributed by atoms with van der Waals surface area (Å²) in [7, 11) is 0. The van der Waals surface area contributed by atoms with Crippen molar-refractivity contribution in [1.29, 1.82) is 0 Å². The van der Waals surface area contributed by atoms with Gasteiger partial charge in [0, 0.05) is 40.8 Å². The van der Waals surface area contributed by atoms with Gasteiger partial charge in [0.05, 0.1) is 0 Å². The summed E-state index contributed by atoms with van der Waals surface area (Å²) < 4.78 is 0. The maximum Gasteiger partial charge on any atom is 0.254 e. The first-order valence-corrected chi connectivity index (χ1v) is 6.82. The lowest BCUT2D eigenvalue weighted by molar-refractivity contribution is 0.0716. The number of hydrogen-bond donors (Lipinski definition) is 1. The number of piperazine rings is 1. The minimum Gasteiger partial charge on any atom is -0.333 e. The summed E-state index contributed by atoms with van der Waals surface area (Å²) in [6.07, 6.45) is 1.05. The molecule has 1 aromatic carbocycles. The molecule has 0 unspecified atom stereocenters. The summed E-state index contributed by atoms with van der Waals surface area (Å²) in [6.45, 7) is 3.52. The van der Waals surface area contributed by atoms with Crippen LogP contribution >= 0.6 is 35.6 Å². The van der Waals surface area contributed by atoms with Gasteiger partial charge in [-0.15, -0.1) is 12.4 Å². The number of amides is 1. The van der Waals surface area contributed by atoms with Gasteiger partial charge in [0.2, 0.25) is 0 Å². The van der Waals surface area contributed by atoms with E-state index in [2.05, 4.69) is 5.32 Å². The van der Waals surface area contributed by atoms with Crippen LogP contribution in [0.3, 0.4) is 0 Å². The number of rotatable bonds is 1. The van der Waals surface area contributed by atoms with Crippen LogP contribution in [0.2, 0.25) is 10.0 Å². The van der Waals surface area contributed by atoms with Crippen LogP contribution in [0.1, 0.15) is 22.3 Å². The number of likely N-dealkylation sites (tertiary alicyclic amines) is 1. The Hall–Kier alpha value is -0.480. The summed E-state index contributed by atoms with van der Waals surface area (Å²) in [5.74, 6) is 0.0350. The first-order valence-electron chi connectivity index (χ1n) is 6.06. The zero-order valence-electron chi connectivity index (χ0n) is 10.5. The maximum atomic E-state index is 12.4. The monoisotopic (exact) mass is 320 g/mol. The molecule has 1 N–H and O–H groups in total. The van der Waals surface area contributed by atoms with Gasteiger partial charge in [-0.2, -0.15) is 0 Å². The van der Waals surface area contributed by atoms with E-state index in [1.54, 1.807) is 12.1 Å². The van der Waals surface area contributed by atoms with Crippen molar-refractivity contribution in [3.63, 3.8) is 0 Å². The SMILES string of the molecule is Cc1c(Cl)cc(C(=O)N2C[C@@H]3C[C@H]2CN3)cc1Cl.Cl. The first kappa shape index (κ1) is 14.9. The molecule has 2 saturated heterocycles. The Bertz CT molecular complexity index is 498. The predicted octanol–water partition coefficient (Wildman–Crippen LogP) is 2.91. The third-order valence-corrected chi connectivity index (χ3v) is 4.63. The molecule has 0 aliphatic carbocycles. The minimum atomic E-state index is 0. The summed E-state index contributed by atoms with van der Waals surface area (Å²) in [6, 6.07) is 4.20. The molecule has 2 atom stereocenters. The molecule has 1 amide bonds. The number of halogens is 3. The van der Waals surface area contributed by atoms with Crippen molar-refractivity contribution in [1.82, 2.24) is 10.2 Å². The van der Waals surface area contributed by atoms with Gasteiger partial charge < -0.3 is 10.2 Å². The van der Waals surface area contributed by atoms with Crippen LogP contribution < -0.4 is 5.32 Å². The molecule has 2 bridgehead atoms. The second-order valence-corrected chi connectivity index (χ2v) is 5.83. The third-order valence-electron chi connectivity index (χ3n) is 3.85. The van der Waals surface area contributed by atoms with Gasteiger partial charge in [-0.3, -0.25) is 4.79 Å². The molecule has 0 aromatic heterocycles. The van der Waals surface area contributed by atoms with Crippen molar-refractivity contribution in [3.05, 3.63) is 33.3 Å². The van der Waals surface area contributed by atoms with Crippen molar-refractivity contribution in [2.45, 2.75) is 25.4 Å². The quantitative estimate of drug-likeness (QED) is 0.862. The lowest BCUT2D eigenvalue weighted by Crippen LogP contribution is -2.46. The summed E-state index contributed by atoms with van der Waals surface area (Å²) in [5.41, 5.74) is 1.41. The highest BCUT2D eigenvalue weighted by Gasteiger charge is 2.40. The van der Waals surface area contributed by atoms with Gasteiger partial charge in [-0.05, 0) is 31.0 Å². The molecule has 6 heteroatoms. The number of carbonyl (C=O) groups excluding carboxylic acids is 1. The molecular formula is C13H15Cl3N2O. The van der Waals surface area contributed by atoms with Crippen molar-refractivity contribution >= 4 is 41.5 Å². The van der Waals surface area contributed by atoms with Crippen molar-refractivity contribution in [2.75, 3.05) is 13.1 Å². The third kappa shape index (κ3) is 2.57. The van der Waals surface area contributed by atoms with E-state index in [-0.39, 0.29) is 18.3 Å². The Morgan fingerprint density at radius 2 is 2.00 bits per heavy atom. The van der Waals surface area contributed by atoms with Crippen LogP contribution in [0, 0.1) is 6.92 Å². The first-order chi connectivity index (χ1) is 8.56. The number of nitrogens with one attached hydrogen (secondary N) is 1. The molecule has 104 valence electrons. The molecule has 2 fully saturated rings. The Morgan fingerprint density at radius 1 is 1.37 bits per heavy atom. The number of nitrogens with zero attached hydrogens (tertiary/aromatic N) is 1. The fourth-order valence-corrected chi connectivity index (χ4v) is 3.23. The highest BCUT2D eigenvalue weighted by atomic mass is 35.5. The van der Waals surface area contributed by atoms with Gasteiger partial charge >= 0.3 is 0 Å². The van der Waals surface area contributed by atoms with E-state index < -0.39 is 0 Å². The fourth-order valence-electron chi connectivity index (χ4n) is 2.74. The number of carbonyl (C=O) groups is 1. The van der Waals surface area contributed by atoms with Crippen LogP contribution in [-0.4, -0.2) is 36.0 Å². The van der Waals surface area contributed by atoms with E-state index in [9.17, 15) is 4.79 Å². The lowest BCUT2D eigenvalue weighted by atomic mass is 10.1. The van der Waals surface area contributed by atoms with E-state index in [4.69, 9.17) is 23.2 Å². The normalized spacial score (nSPS) is 24.5. The van der Waals surface area contributed by atoms with E-state index in [0.717, 1.165) is 25.1 Å². The topological polar surface area (TPSA) is 32.3 Å². The van der Waals surface area contributed by atoms with Crippen LogP contribution in [-0.2, 0) is 0 Å². The van der Waals surface area contributed by atoms with E-state index >= 15 is 0 Å². The Labute approximate surface area is 128 Å². The van der Waals surface area contributed by atoms with Gasteiger partial charge in [0.1, 0.15) is 0 Å². The molecular weight excluding hydrogens is 307 g/mol. The van der Waals surface area contributed by atoms with Crippen molar-refractivity contribution < 1.29 is 4.79 Å². The molecule has 0 saturated carbocycles. The molecule has 2 aliphatic heterocycles. The largest absolute Gasteiger partial charge is 0.333 e. The van der Waals surface area contributed by atoms with Gasteiger partial charge in [-0.25, -0.2) is 0 Å². The van der Waals surface area contributed by atoms with Crippen LogP contribution in [0.25, 0.3) is 0 Å². The molecule has 2 aliphatic rings. The number of hydrogen-bond acceptors (Lipinski definition) is 2. The maximum absolute atomic E-state index is 12.4. The number of fused-ring (bicyclic) bond motifs is 2. The summed E-state index contributed by atoms with van der Waals surface area (Å²) in [4.78, 5) is 14.4. The molecule has 19 heavy (non-hydrogen) atoms. The zero-order chi connectivity index (χ0) is 12.9. The summed E-state index contributed by atoms with van der Waals surface area (Å²) >= 11 is 12.2. The smallest absolute Gasteiger partial charge is 0.254 e. The second-order valence-electron chi connectivity index (χ2n) is 5.02. The standard InChI is InChI=1S/C13H14Cl2N2O.ClH/c1-7-11(14)2-8(3-12(7)15)13(18)17-6-9-4-10(17)5-16-9;/h2-3,9-10,16H,4-6H2,1H3;1H/t9-,10-;/m0./s1. The predicted molar refractivity (Wildman–Crippen MR) is 79.7 cm³/mol. The lowest BCUT2D eigenvalue weighted by Gasteiger charge is -2.27. The van der Waals surface area contributed by atoms with Gasteiger partial charge in [0.25, 0.3) is 5.91 Å². The average molecular weight is 322 g/mol. The molecule has 3 nitrogen and oxygen atoms in total. The summed E-state index contributed by atoms with van der Waals surface area (Å²) in [5, 5.41) is 4.48. The van der Waals surface area contributed by atoms with Crippen molar-refractivity contribution in [3.8, 4) is 0 Å². The highest BCUT2D eigenvalue weighted by molar-refractivity contribution is 6.36. The Balaban J connectivity index is 0.00000133. The fraction of sp³-hybridized carbons (Fsp3) is 0.462. The highest BCUT2D eigenvalue weighted by Crippen LogP contribution is 2.29. The number of benzene rings is 1. The second kappa shape index (κ2) is 5.49. The van der Waals surface area contributed by atoms with Crippen LogP contribution in [0.5, 0.6) is 0 Å². The molecule has 0 spiro atoms. The van der Waals surface area contributed by atoms with Gasteiger partial charge in [0.15, 0.2) is 0 Å². The molecule has 2 heterocycles. The average Bonchev–Trinajstić information content (AvgIpc) is 2.96. The minimum absolute atomic E-state index is 0. The molecule has 1 aromatic rings. The van der Waals surface area contributed by atoms with Crippen molar-refractivity contribution in [2.24, 2.45) is 0 Å². The van der Waals surface area contributed by atoms with E-state index in [1.165, 1.54) is 0 Å². The molecule has 3 rings (SSSR count). The van der Waals surface area contributed by atoms with Crippen LogP contribution in [0.15, 0.2) is 12.1 Å². The van der Waals surface area contributed by atoms with Crippen LogP contribution in [0.4, 0.5) is 0 Å². The Morgan fingerprint density at radius 3 is 2.47 bits per heavy atom.